The number of nitrogens with zero attached hydrogens (tertiary/aromatic N) is 3. The number of benzene rings is 2. The number of hydrogen-bond acceptors (Lipinski definition) is 3. The molecule has 132 valence electrons. The molecule has 0 unspecified atom stereocenters. The number of nitrogens with one attached hydrogen (secondary N) is 1. The zero-order valence-electron chi connectivity index (χ0n) is 15.7. The molecule has 3 rings (SSSR count). The van der Waals surface area contributed by atoms with Crippen LogP contribution < -0.4 is 5.32 Å². The van der Waals surface area contributed by atoms with E-state index in [0.29, 0.717) is 6.04 Å². The van der Waals surface area contributed by atoms with Crippen LogP contribution in [0.25, 0.3) is 11.0 Å². The lowest BCUT2D eigenvalue weighted by molar-refractivity contribution is 0.266. The highest BCUT2D eigenvalue weighted by atomic mass is 15.1. The second-order valence-corrected chi connectivity index (χ2v) is 7.01. The normalized spacial score (nSPS) is 11.8. The highest BCUT2D eigenvalue weighted by molar-refractivity contribution is 5.75. The summed E-state index contributed by atoms with van der Waals surface area (Å²) in [5, 5.41) is 3.53. The Labute approximate surface area is 150 Å². The van der Waals surface area contributed by atoms with Crippen LogP contribution in [0.15, 0.2) is 48.5 Å². The van der Waals surface area contributed by atoms with Gasteiger partial charge in [0.05, 0.1) is 17.6 Å². The molecular formula is C21H28N4. The lowest BCUT2D eigenvalue weighted by atomic mass is 10.1. The summed E-state index contributed by atoms with van der Waals surface area (Å²) in [6.45, 7) is 7.05. The number of aromatic nitrogens is 2. The molecule has 0 aliphatic carbocycles. The molecule has 0 saturated heterocycles. The van der Waals surface area contributed by atoms with Gasteiger partial charge < -0.3 is 9.88 Å². The van der Waals surface area contributed by atoms with E-state index in [2.05, 4.69) is 85.2 Å². The molecule has 1 aromatic heterocycles. The molecule has 4 heteroatoms. The summed E-state index contributed by atoms with van der Waals surface area (Å²) in [5.74, 6) is 1.07. The molecule has 0 spiro atoms. The predicted molar refractivity (Wildman–Crippen MR) is 104 cm³/mol. The minimum Gasteiger partial charge on any atom is -0.330 e. The Bertz CT molecular complexity index is 835. The lowest BCUT2D eigenvalue weighted by Crippen LogP contribution is -2.25. The first-order chi connectivity index (χ1) is 12.0. The van der Waals surface area contributed by atoms with Crippen molar-refractivity contribution in [2.75, 3.05) is 7.05 Å². The third-order valence-corrected chi connectivity index (χ3v) is 4.80. The monoisotopic (exact) mass is 336 g/mol. The van der Waals surface area contributed by atoms with Gasteiger partial charge in [-0.3, -0.25) is 4.90 Å². The van der Waals surface area contributed by atoms with Gasteiger partial charge in [0.1, 0.15) is 5.82 Å². The summed E-state index contributed by atoms with van der Waals surface area (Å²) in [4.78, 5) is 7.07. The van der Waals surface area contributed by atoms with Gasteiger partial charge in [0.15, 0.2) is 0 Å². The minimum atomic E-state index is 0.555. The third-order valence-electron chi connectivity index (χ3n) is 4.80. The molecule has 1 heterocycles. The lowest BCUT2D eigenvalue weighted by Gasteiger charge is -2.21. The fourth-order valence-electron chi connectivity index (χ4n) is 2.98. The van der Waals surface area contributed by atoms with Crippen molar-refractivity contribution in [1.82, 2.24) is 19.8 Å². The Morgan fingerprint density at radius 3 is 2.56 bits per heavy atom. The first kappa shape index (κ1) is 17.6. The molecule has 1 N–H and O–H groups in total. The smallest absolute Gasteiger partial charge is 0.123 e. The average Bonchev–Trinajstić information content (AvgIpc) is 2.92. The summed E-state index contributed by atoms with van der Waals surface area (Å²) >= 11 is 0. The molecular weight excluding hydrogens is 308 g/mol. The first-order valence-electron chi connectivity index (χ1n) is 8.93. The highest BCUT2D eigenvalue weighted by Crippen LogP contribution is 2.14. The van der Waals surface area contributed by atoms with Crippen LogP contribution in [0.5, 0.6) is 0 Å². The maximum Gasteiger partial charge on any atom is 0.123 e. The van der Waals surface area contributed by atoms with E-state index in [0.717, 1.165) is 31.0 Å². The summed E-state index contributed by atoms with van der Waals surface area (Å²) < 4.78 is 2.16. The molecule has 3 aromatic rings. The van der Waals surface area contributed by atoms with Crippen LogP contribution in [0.3, 0.4) is 0 Å². The van der Waals surface area contributed by atoms with Gasteiger partial charge in [0.2, 0.25) is 0 Å². The second kappa shape index (κ2) is 7.81. The fourth-order valence-corrected chi connectivity index (χ4v) is 2.98. The molecule has 2 aromatic carbocycles. The molecule has 0 radical (unpaired) electrons. The minimum absolute atomic E-state index is 0.555. The Morgan fingerprint density at radius 2 is 1.80 bits per heavy atom. The van der Waals surface area contributed by atoms with Crippen LogP contribution in [0, 0.1) is 0 Å². The molecule has 0 aliphatic heterocycles. The third kappa shape index (κ3) is 4.27. The van der Waals surface area contributed by atoms with Crippen molar-refractivity contribution in [1.29, 1.82) is 0 Å². The van der Waals surface area contributed by atoms with Crippen LogP contribution in [0.2, 0.25) is 0 Å². The Hall–Kier alpha value is -2.17. The topological polar surface area (TPSA) is 33.1 Å². The van der Waals surface area contributed by atoms with Gasteiger partial charge in [0.25, 0.3) is 0 Å². The zero-order chi connectivity index (χ0) is 17.8. The standard InChI is InChI=1S/C21H28N4/c1-16(2)24(3)15-18-9-7-8-17(12-18)13-22-14-21-23-19-10-5-6-11-20(19)25(21)4/h5-12,16,22H,13-15H2,1-4H3. The van der Waals surface area contributed by atoms with E-state index in [-0.39, 0.29) is 0 Å². The van der Waals surface area contributed by atoms with Crippen molar-refractivity contribution in [3.05, 3.63) is 65.5 Å². The molecule has 0 bridgehead atoms. The van der Waals surface area contributed by atoms with Crippen molar-refractivity contribution < 1.29 is 0 Å². The first-order valence-corrected chi connectivity index (χ1v) is 8.93. The number of hydrogen-bond donors (Lipinski definition) is 1. The second-order valence-electron chi connectivity index (χ2n) is 7.01. The Kier molecular flexibility index (Phi) is 5.51. The van der Waals surface area contributed by atoms with E-state index in [1.807, 2.05) is 6.07 Å². The number of para-hydroxylation sites is 2. The number of fused-ring (bicyclic) bond motifs is 1. The Balaban J connectivity index is 1.61. The molecule has 0 saturated carbocycles. The van der Waals surface area contributed by atoms with Gasteiger partial charge in [0, 0.05) is 26.2 Å². The van der Waals surface area contributed by atoms with Crippen molar-refractivity contribution in [3.63, 3.8) is 0 Å². The molecule has 0 aliphatic rings. The van der Waals surface area contributed by atoms with E-state index in [1.54, 1.807) is 0 Å². The van der Waals surface area contributed by atoms with Crippen LogP contribution in [0.4, 0.5) is 0 Å². The van der Waals surface area contributed by atoms with Crippen LogP contribution in [-0.2, 0) is 26.7 Å². The van der Waals surface area contributed by atoms with E-state index in [1.165, 1.54) is 16.6 Å². The van der Waals surface area contributed by atoms with Gasteiger partial charge in [-0.1, -0.05) is 36.4 Å². The van der Waals surface area contributed by atoms with Gasteiger partial charge in [-0.25, -0.2) is 4.98 Å². The Morgan fingerprint density at radius 1 is 1.04 bits per heavy atom. The van der Waals surface area contributed by atoms with E-state index < -0.39 is 0 Å². The van der Waals surface area contributed by atoms with E-state index >= 15 is 0 Å². The van der Waals surface area contributed by atoms with Gasteiger partial charge in [-0.15, -0.1) is 0 Å². The number of imidazole rings is 1. The van der Waals surface area contributed by atoms with Gasteiger partial charge in [-0.2, -0.15) is 0 Å². The summed E-state index contributed by atoms with van der Waals surface area (Å²) in [5.41, 5.74) is 4.91. The van der Waals surface area contributed by atoms with E-state index in [9.17, 15) is 0 Å². The largest absolute Gasteiger partial charge is 0.330 e. The molecule has 25 heavy (non-hydrogen) atoms. The summed E-state index contributed by atoms with van der Waals surface area (Å²) in [7, 11) is 4.25. The highest BCUT2D eigenvalue weighted by Gasteiger charge is 2.07. The molecule has 4 nitrogen and oxygen atoms in total. The average molecular weight is 336 g/mol. The van der Waals surface area contributed by atoms with Gasteiger partial charge in [-0.05, 0) is 44.2 Å². The van der Waals surface area contributed by atoms with Crippen molar-refractivity contribution in [3.8, 4) is 0 Å². The molecule has 0 fully saturated rings. The van der Waals surface area contributed by atoms with Crippen molar-refractivity contribution >= 4 is 11.0 Å². The van der Waals surface area contributed by atoms with Crippen molar-refractivity contribution in [2.45, 2.75) is 39.5 Å². The van der Waals surface area contributed by atoms with Crippen molar-refractivity contribution in [2.24, 2.45) is 7.05 Å². The van der Waals surface area contributed by atoms with Crippen LogP contribution >= 0.6 is 0 Å². The zero-order valence-corrected chi connectivity index (χ0v) is 15.7. The summed E-state index contributed by atoms with van der Waals surface area (Å²) in [6.07, 6.45) is 0. The SMILES string of the molecule is CC(C)N(C)Cc1cccc(CNCc2nc3ccccc3n2C)c1. The number of rotatable bonds is 7. The van der Waals surface area contributed by atoms with Crippen LogP contribution in [-0.4, -0.2) is 27.5 Å². The summed E-state index contributed by atoms with van der Waals surface area (Å²) in [6, 6.07) is 17.6. The maximum atomic E-state index is 4.71. The molecule has 0 amide bonds. The van der Waals surface area contributed by atoms with E-state index in [4.69, 9.17) is 4.98 Å². The van der Waals surface area contributed by atoms with Crippen LogP contribution in [0.1, 0.15) is 30.8 Å². The predicted octanol–water partition coefficient (Wildman–Crippen LogP) is 3.70. The number of aryl methyl sites for hydroxylation is 1. The molecule has 0 atom stereocenters. The maximum absolute atomic E-state index is 4.71. The fraction of sp³-hybridized carbons (Fsp3) is 0.381. The quantitative estimate of drug-likeness (QED) is 0.714. The van der Waals surface area contributed by atoms with Gasteiger partial charge >= 0.3 is 0 Å².